The molecule has 3 N–H and O–H groups in total. The van der Waals surface area contributed by atoms with Gasteiger partial charge in [0.1, 0.15) is 5.82 Å². The Kier molecular flexibility index (Phi) is 6.83. The average Bonchev–Trinajstić information content (AvgIpc) is 3.41. The van der Waals surface area contributed by atoms with Gasteiger partial charge in [-0.15, -0.1) is 10.2 Å². The van der Waals surface area contributed by atoms with Crippen LogP contribution in [0.25, 0.3) is 10.8 Å². The molecular formula is C22H25N5O3S. The van der Waals surface area contributed by atoms with Crippen molar-refractivity contribution in [3.8, 4) is 0 Å². The van der Waals surface area contributed by atoms with Crippen molar-refractivity contribution >= 4 is 40.0 Å². The van der Waals surface area contributed by atoms with Gasteiger partial charge in [-0.2, -0.15) is 0 Å². The summed E-state index contributed by atoms with van der Waals surface area (Å²) >= 11 is 1.32. The highest BCUT2D eigenvalue weighted by Gasteiger charge is 2.21. The summed E-state index contributed by atoms with van der Waals surface area (Å²) in [5.41, 5.74) is 6.08. The molecule has 1 saturated heterocycles. The molecule has 4 rings (SSSR count). The number of carbonyl (C=O) groups is 2. The van der Waals surface area contributed by atoms with Gasteiger partial charge in [-0.1, -0.05) is 48.2 Å². The number of anilines is 1. The largest absolute Gasteiger partial charge is 0.376 e. The smallest absolute Gasteiger partial charge is 0.234 e. The van der Waals surface area contributed by atoms with E-state index in [9.17, 15) is 9.59 Å². The van der Waals surface area contributed by atoms with Crippen LogP contribution >= 0.6 is 11.8 Å². The number of benzene rings is 2. The van der Waals surface area contributed by atoms with E-state index in [0.29, 0.717) is 23.9 Å². The van der Waals surface area contributed by atoms with Gasteiger partial charge >= 0.3 is 0 Å². The number of aromatic nitrogens is 3. The lowest BCUT2D eigenvalue weighted by Gasteiger charge is -2.14. The van der Waals surface area contributed by atoms with Crippen molar-refractivity contribution in [3.05, 3.63) is 48.3 Å². The van der Waals surface area contributed by atoms with Crippen LogP contribution in [-0.4, -0.2) is 45.0 Å². The lowest BCUT2D eigenvalue weighted by atomic mass is 10.1. The number of primary amides is 1. The zero-order valence-electron chi connectivity index (χ0n) is 17.1. The molecule has 1 aromatic heterocycles. The number of ether oxygens (including phenoxy) is 1. The molecule has 162 valence electrons. The lowest BCUT2D eigenvalue weighted by Crippen LogP contribution is -2.20. The number of hydrogen-bond donors (Lipinski definition) is 2. The molecule has 2 amide bonds. The molecule has 31 heavy (non-hydrogen) atoms. The molecule has 1 unspecified atom stereocenters. The molecule has 0 saturated carbocycles. The monoisotopic (exact) mass is 439 g/mol. The van der Waals surface area contributed by atoms with Crippen LogP contribution in [0.5, 0.6) is 0 Å². The first kappa shape index (κ1) is 21.3. The highest BCUT2D eigenvalue weighted by atomic mass is 32.2. The Bertz CT molecular complexity index is 1070. The molecule has 3 aromatic rings. The summed E-state index contributed by atoms with van der Waals surface area (Å²) in [6, 6.07) is 13.8. The maximum Gasteiger partial charge on any atom is 0.234 e. The third-order valence-electron chi connectivity index (χ3n) is 5.19. The van der Waals surface area contributed by atoms with Gasteiger partial charge in [0.15, 0.2) is 5.16 Å². The Morgan fingerprint density at radius 3 is 2.84 bits per heavy atom. The Hall–Kier alpha value is -2.91. The zero-order valence-corrected chi connectivity index (χ0v) is 17.9. The van der Waals surface area contributed by atoms with Gasteiger partial charge in [0, 0.05) is 30.5 Å². The summed E-state index contributed by atoms with van der Waals surface area (Å²) in [5.74, 6) is 0.385. The van der Waals surface area contributed by atoms with E-state index in [1.54, 1.807) is 0 Å². The molecule has 2 heterocycles. The summed E-state index contributed by atoms with van der Waals surface area (Å²) in [4.78, 5) is 23.8. The van der Waals surface area contributed by atoms with Crippen LogP contribution in [-0.2, 0) is 27.3 Å². The van der Waals surface area contributed by atoms with Crippen molar-refractivity contribution in [3.63, 3.8) is 0 Å². The maximum atomic E-state index is 12.6. The van der Waals surface area contributed by atoms with E-state index in [1.807, 2.05) is 47.0 Å². The number of thioether (sulfide) groups is 1. The summed E-state index contributed by atoms with van der Waals surface area (Å²) in [6.45, 7) is 1.35. The van der Waals surface area contributed by atoms with E-state index in [2.05, 4.69) is 15.5 Å². The summed E-state index contributed by atoms with van der Waals surface area (Å²) in [6.07, 6.45) is 2.71. The number of nitrogens with two attached hydrogens (primary N) is 1. The average molecular weight is 440 g/mol. The van der Waals surface area contributed by atoms with E-state index in [4.69, 9.17) is 10.5 Å². The summed E-state index contributed by atoms with van der Waals surface area (Å²) in [7, 11) is 0. The Morgan fingerprint density at radius 1 is 1.19 bits per heavy atom. The Labute approximate surface area is 184 Å². The van der Waals surface area contributed by atoms with Crippen LogP contribution in [0.4, 0.5) is 5.69 Å². The van der Waals surface area contributed by atoms with Gasteiger partial charge in [-0.3, -0.25) is 9.59 Å². The molecule has 0 radical (unpaired) electrons. The van der Waals surface area contributed by atoms with Crippen molar-refractivity contribution < 1.29 is 14.3 Å². The van der Waals surface area contributed by atoms with E-state index < -0.39 is 0 Å². The van der Waals surface area contributed by atoms with Gasteiger partial charge < -0.3 is 20.4 Å². The number of carbonyl (C=O) groups excluding carboxylic acids is 2. The predicted molar refractivity (Wildman–Crippen MR) is 120 cm³/mol. The first-order valence-corrected chi connectivity index (χ1v) is 11.3. The van der Waals surface area contributed by atoms with Gasteiger partial charge in [-0.25, -0.2) is 0 Å². The van der Waals surface area contributed by atoms with Crippen LogP contribution < -0.4 is 11.1 Å². The molecule has 1 fully saturated rings. The second-order valence-electron chi connectivity index (χ2n) is 7.47. The predicted octanol–water partition coefficient (Wildman–Crippen LogP) is 2.76. The molecular weight excluding hydrogens is 414 g/mol. The van der Waals surface area contributed by atoms with Gasteiger partial charge in [0.25, 0.3) is 0 Å². The highest BCUT2D eigenvalue weighted by Crippen LogP contribution is 2.25. The normalized spacial score (nSPS) is 15.9. The fourth-order valence-electron chi connectivity index (χ4n) is 3.67. The number of nitrogens with one attached hydrogen (secondary N) is 1. The summed E-state index contributed by atoms with van der Waals surface area (Å²) < 4.78 is 7.70. The van der Waals surface area contributed by atoms with Gasteiger partial charge in [0.05, 0.1) is 18.4 Å². The molecule has 8 nitrogen and oxygen atoms in total. The molecule has 1 aliphatic heterocycles. The Morgan fingerprint density at radius 2 is 2.03 bits per heavy atom. The first-order valence-electron chi connectivity index (χ1n) is 10.3. The van der Waals surface area contributed by atoms with E-state index in [1.165, 1.54) is 11.8 Å². The van der Waals surface area contributed by atoms with Crippen LogP contribution in [0.2, 0.25) is 0 Å². The first-order chi connectivity index (χ1) is 15.1. The molecule has 2 aromatic carbocycles. The number of aryl methyl sites for hydroxylation is 1. The number of rotatable bonds is 9. The molecule has 0 spiro atoms. The SMILES string of the molecule is NC(=O)CCc1nnc(SCC(=O)Nc2cccc3ccccc23)n1CC1CCCO1. The maximum absolute atomic E-state index is 12.6. The highest BCUT2D eigenvalue weighted by molar-refractivity contribution is 7.99. The van der Waals surface area contributed by atoms with Crippen LogP contribution in [0, 0.1) is 0 Å². The number of amides is 2. The number of hydrogen-bond acceptors (Lipinski definition) is 6. The fraction of sp³-hybridized carbons (Fsp3) is 0.364. The number of fused-ring (bicyclic) bond motifs is 1. The molecule has 0 bridgehead atoms. The molecule has 9 heteroatoms. The molecule has 1 aliphatic rings. The topological polar surface area (TPSA) is 112 Å². The van der Waals surface area contributed by atoms with Crippen molar-refractivity contribution in [2.45, 2.75) is 43.5 Å². The zero-order chi connectivity index (χ0) is 21.6. The minimum Gasteiger partial charge on any atom is -0.376 e. The molecule has 0 aliphatic carbocycles. The van der Waals surface area contributed by atoms with Crippen LogP contribution in [0.15, 0.2) is 47.6 Å². The Balaban J connectivity index is 1.44. The standard InChI is InChI=1S/C22H25N5O3S/c23-19(28)10-11-20-25-26-22(27(20)13-16-7-4-12-30-16)31-14-21(29)24-18-9-3-6-15-5-1-2-8-17(15)18/h1-3,5-6,8-9,16H,4,7,10-14H2,(H2,23,28)(H,24,29). The van der Waals surface area contributed by atoms with E-state index >= 15 is 0 Å². The van der Waals surface area contributed by atoms with Crippen molar-refractivity contribution in [1.29, 1.82) is 0 Å². The quantitative estimate of drug-likeness (QED) is 0.496. The second kappa shape index (κ2) is 9.93. The second-order valence-corrected chi connectivity index (χ2v) is 8.42. The van der Waals surface area contributed by atoms with Crippen molar-refractivity contribution in [1.82, 2.24) is 14.8 Å². The summed E-state index contributed by atoms with van der Waals surface area (Å²) in [5, 5.41) is 14.2. The lowest BCUT2D eigenvalue weighted by molar-refractivity contribution is -0.118. The van der Waals surface area contributed by atoms with E-state index in [0.717, 1.165) is 35.9 Å². The third kappa shape index (κ3) is 5.42. The minimum atomic E-state index is -0.379. The van der Waals surface area contributed by atoms with Crippen LogP contribution in [0.1, 0.15) is 25.1 Å². The van der Waals surface area contributed by atoms with Gasteiger partial charge in [0.2, 0.25) is 11.8 Å². The van der Waals surface area contributed by atoms with Crippen LogP contribution in [0.3, 0.4) is 0 Å². The van der Waals surface area contributed by atoms with Gasteiger partial charge in [-0.05, 0) is 24.3 Å². The van der Waals surface area contributed by atoms with Crippen molar-refractivity contribution in [2.75, 3.05) is 17.7 Å². The minimum absolute atomic E-state index is 0.0900. The number of nitrogens with zero attached hydrogens (tertiary/aromatic N) is 3. The molecule has 1 atom stereocenters. The fourth-order valence-corrected chi connectivity index (χ4v) is 4.44. The van der Waals surface area contributed by atoms with Crippen molar-refractivity contribution in [2.24, 2.45) is 5.73 Å². The third-order valence-corrected chi connectivity index (χ3v) is 6.16. The van der Waals surface area contributed by atoms with E-state index in [-0.39, 0.29) is 30.1 Å².